The first kappa shape index (κ1) is 25.8. The van der Waals surface area contributed by atoms with Gasteiger partial charge >= 0.3 is 5.97 Å². The van der Waals surface area contributed by atoms with Crippen molar-refractivity contribution in [3.63, 3.8) is 0 Å². The number of aliphatic carboxylic acids is 1. The summed E-state index contributed by atoms with van der Waals surface area (Å²) in [6.07, 6.45) is -0.259. The van der Waals surface area contributed by atoms with Crippen molar-refractivity contribution in [1.29, 1.82) is 0 Å². The molecule has 184 valence electrons. The molecule has 0 fully saturated rings. The zero-order valence-electron chi connectivity index (χ0n) is 19.1. The van der Waals surface area contributed by atoms with Crippen molar-refractivity contribution in [2.75, 3.05) is 17.2 Å². The number of carboxylic acids is 1. The lowest BCUT2D eigenvalue weighted by Crippen LogP contribution is -2.52. The molecular weight excluding hydrogens is 474 g/mol. The van der Waals surface area contributed by atoms with Crippen LogP contribution in [-0.2, 0) is 19.2 Å². The summed E-state index contributed by atoms with van der Waals surface area (Å²) in [5.41, 5.74) is 1.79. The van der Waals surface area contributed by atoms with Gasteiger partial charge in [-0.15, -0.1) is 11.8 Å². The van der Waals surface area contributed by atoms with Crippen LogP contribution in [0.2, 0.25) is 0 Å². The fourth-order valence-corrected chi connectivity index (χ4v) is 4.74. The Morgan fingerprint density at radius 1 is 1.20 bits per heavy atom. The van der Waals surface area contributed by atoms with E-state index >= 15 is 0 Å². The van der Waals surface area contributed by atoms with E-state index in [9.17, 15) is 29.1 Å². The first-order chi connectivity index (χ1) is 16.6. The molecule has 10 nitrogen and oxygen atoms in total. The number of anilines is 1. The number of nitrogens with one attached hydrogen (secondary N) is 2. The Hall–Kier alpha value is -3.86. The van der Waals surface area contributed by atoms with E-state index in [-0.39, 0.29) is 17.1 Å². The molecule has 4 N–H and O–H groups in total. The molecule has 2 aromatic rings. The largest absolute Gasteiger partial charge is 0.507 e. The van der Waals surface area contributed by atoms with Gasteiger partial charge < -0.3 is 30.5 Å². The van der Waals surface area contributed by atoms with Gasteiger partial charge in [0.25, 0.3) is 11.8 Å². The number of amides is 3. The van der Waals surface area contributed by atoms with Crippen molar-refractivity contribution in [3.8, 4) is 5.75 Å². The number of rotatable bonds is 8. The summed E-state index contributed by atoms with van der Waals surface area (Å²) < 4.78 is 0. The van der Waals surface area contributed by atoms with Gasteiger partial charge in [0.2, 0.25) is 5.91 Å². The number of fused-ring (bicyclic) bond motifs is 1. The third-order valence-electron chi connectivity index (χ3n) is 5.39. The second kappa shape index (κ2) is 11.0. The Morgan fingerprint density at radius 3 is 2.49 bits per heavy atom. The standard InChI is InChI=1S/C24H25N3O7S/c1-13-7-15(8-14(2)22(13)32)23(33)26-17-12-35-19-6-4-3-5-18(19)27(24(17)34)10-20(29)25-16(11-28)9-21(30)31/h3-8,11,16-17,32H,9-10,12H2,1-2H3,(H,25,29)(H,26,33)(H,30,31)/t16-,17-/m0/s1. The van der Waals surface area contributed by atoms with E-state index in [0.29, 0.717) is 23.1 Å². The molecule has 2 atom stereocenters. The number of aromatic hydroxyl groups is 1. The lowest BCUT2D eigenvalue weighted by atomic mass is 10.0. The van der Waals surface area contributed by atoms with E-state index in [1.807, 2.05) is 0 Å². The summed E-state index contributed by atoms with van der Waals surface area (Å²) in [6, 6.07) is 7.78. The van der Waals surface area contributed by atoms with Gasteiger partial charge in [-0.2, -0.15) is 0 Å². The van der Waals surface area contributed by atoms with Crippen molar-refractivity contribution < 1.29 is 34.2 Å². The number of carboxylic acid groups (broad SMARTS) is 1. The van der Waals surface area contributed by atoms with E-state index in [1.54, 1.807) is 38.1 Å². The van der Waals surface area contributed by atoms with Crippen LogP contribution in [0.5, 0.6) is 5.75 Å². The molecule has 0 saturated heterocycles. The zero-order chi connectivity index (χ0) is 25.7. The van der Waals surface area contributed by atoms with E-state index in [4.69, 9.17) is 5.11 Å². The highest BCUT2D eigenvalue weighted by Crippen LogP contribution is 2.34. The molecule has 1 aliphatic heterocycles. The summed E-state index contributed by atoms with van der Waals surface area (Å²) >= 11 is 1.34. The molecule has 0 spiro atoms. The second-order valence-corrected chi connectivity index (χ2v) is 9.16. The first-order valence-corrected chi connectivity index (χ1v) is 11.7. The Kier molecular flexibility index (Phi) is 8.13. The Labute approximate surface area is 205 Å². The van der Waals surface area contributed by atoms with Crippen LogP contribution in [0.15, 0.2) is 41.3 Å². The van der Waals surface area contributed by atoms with E-state index < -0.39 is 48.7 Å². The quantitative estimate of drug-likeness (QED) is 0.398. The number of para-hydroxylation sites is 1. The fraction of sp³-hybridized carbons (Fsp3) is 0.292. The topological polar surface area (TPSA) is 153 Å². The first-order valence-electron chi connectivity index (χ1n) is 10.7. The van der Waals surface area contributed by atoms with Crippen LogP contribution in [0, 0.1) is 13.8 Å². The monoisotopic (exact) mass is 499 g/mol. The number of phenolic OH excluding ortho intramolecular Hbond substituents is 1. The van der Waals surface area contributed by atoms with Gasteiger partial charge in [0.15, 0.2) is 0 Å². The number of aldehydes is 1. The second-order valence-electron chi connectivity index (χ2n) is 8.10. The SMILES string of the molecule is Cc1cc(C(=O)N[C@H]2CSc3ccccc3N(CC(=O)N[C@H](C=O)CC(=O)O)C2=O)cc(C)c1O. The highest BCUT2D eigenvalue weighted by Gasteiger charge is 2.33. The number of nitrogens with zero attached hydrogens (tertiary/aromatic N) is 1. The molecule has 3 amide bonds. The summed E-state index contributed by atoms with van der Waals surface area (Å²) in [7, 11) is 0. The number of aryl methyl sites for hydroxylation is 2. The number of phenols is 1. The summed E-state index contributed by atoms with van der Waals surface area (Å²) in [6.45, 7) is 2.86. The minimum Gasteiger partial charge on any atom is -0.507 e. The van der Waals surface area contributed by atoms with Gasteiger partial charge in [-0.25, -0.2) is 0 Å². The summed E-state index contributed by atoms with van der Waals surface area (Å²) in [4.78, 5) is 63.0. The molecule has 1 heterocycles. The average molecular weight is 500 g/mol. The van der Waals surface area contributed by atoms with Crippen molar-refractivity contribution >= 4 is 47.4 Å². The number of thioether (sulfide) groups is 1. The molecular formula is C24H25N3O7S. The number of benzene rings is 2. The van der Waals surface area contributed by atoms with Crippen molar-refractivity contribution in [1.82, 2.24) is 10.6 Å². The average Bonchev–Trinajstić information content (AvgIpc) is 2.93. The van der Waals surface area contributed by atoms with Gasteiger partial charge in [-0.05, 0) is 49.2 Å². The predicted octanol–water partition coefficient (Wildman–Crippen LogP) is 1.40. The van der Waals surface area contributed by atoms with E-state index in [1.165, 1.54) is 28.8 Å². The van der Waals surface area contributed by atoms with Gasteiger partial charge in [-0.1, -0.05) is 12.1 Å². The third-order valence-corrected chi connectivity index (χ3v) is 6.55. The molecule has 1 aliphatic rings. The van der Waals surface area contributed by atoms with Crippen LogP contribution in [0.4, 0.5) is 5.69 Å². The van der Waals surface area contributed by atoms with Crippen LogP contribution in [0.3, 0.4) is 0 Å². The number of hydrogen-bond acceptors (Lipinski definition) is 7. The number of carbonyl (C=O) groups excluding carboxylic acids is 4. The lowest BCUT2D eigenvalue weighted by molar-refractivity contribution is -0.138. The number of carbonyl (C=O) groups is 5. The Balaban J connectivity index is 1.83. The van der Waals surface area contributed by atoms with Crippen LogP contribution in [0.1, 0.15) is 27.9 Å². The zero-order valence-corrected chi connectivity index (χ0v) is 19.9. The van der Waals surface area contributed by atoms with Crippen molar-refractivity contribution in [2.24, 2.45) is 0 Å². The highest BCUT2D eigenvalue weighted by atomic mass is 32.2. The Morgan fingerprint density at radius 2 is 1.86 bits per heavy atom. The minimum atomic E-state index is -1.25. The molecule has 0 radical (unpaired) electrons. The molecule has 3 rings (SSSR count). The summed E-state index contributed by atoms with van der Waals surface area (Å²) in [5.74, 6) is -2.70. The maximum Gasteiger partial charge on any atom is 0.305 e. The van der Waals surface area contributed by atoms with Crippen molar-refractivity contribution in [3.05, 3.63) is 53.1 Å². The maximum atomic E-state index is 13.4. The molecule has 0 aliphatic carbocycles. The van der Waals surface area contributed by atoms with Crippen molar-refractivity contribution in [2.45, 2.75) is 37.2 Å². The van der Waals surface area contributed by atoms with E-state index in [2.05, 4.69) is 10.6 Å². The lowest BCUT2D eigenvalue weighted by Gasteiger charge is -2.26. The Bertz CT molecular complexity index is 1160. The van der Waals surface area contributed by atoms with Gasteiger partial charge in [0.1, 0.15) is 24.6 Å². The minimum absolute atomic E-state index is 0.0896. The molecule has 35 heavy (non-hydrogen) atoms. The van der Waals surface area contributed by atoms with Crippen LogP contribution in [0.25, 0.3) is 0 Å². The van der Waals surface area contributed by atoms with Gasteiger partial charge in [0, 0.05) is 16.2 Å². The third kappa shape index (κ3) is 6.18. The van der Waals surface area contributed by atoms with Crippen LogP contribution >= 0.6 is 11.8 Å². The van der Waals surface area contributed by atoms with Crippen LogP contribution in [-0.4, -0.2) is 64.6 Å². The molecule has 0 unspecified atom stereocenters. The predicted molar refractivity (Wildman–Crippen MR) is 129 cm³/mol. The van der Waals surface area contributed by atoms with Gasteiger partial charge in [-0.3, -0.25) is 19.2 Å². The molecule has 0 saturated carbocycles. The van der Waals surface area contributed by atoms with E-state index in [0.717, 1.165) is 4.90 Å². The highest BCUT2D eigenvalue weighted by molar-refractivity contribution is 7.99. The molecule has 2 aromatic carbocycles. The summed E-state index contributed by atoms with van der Waals surface area (Å²) in [5, 5.41) is 23.9. The molecule has 0 bridgehead atoms. The van der Waals surface area contributed by atoms with Crippen LogP contribution < -0.4 is 15.5 Å². The molecule has 11 heteroatoms. The normalized spacial score (nSPS) is 16.0. The number of hydrogen-bond donors (Lipinski definition) is 4. The fourth-order valence-electron chi connectivity index (χ4n) is 3.67. The van der Waals surface area contributed by atoms with Gasteiger partial charge in [0.05, 0.1) is 18.2 Å². The maximum absolute atomic E-state index is 13.4. The molecule has 0 aromatic heterocycles. The smallest absolute Gasteiger partial charge is 0.305 e.